The van der Waals surface area contributed by atoms with Gasteiger partial charge in [0.15, 0.2) is 18.2 Å². The summed E-state index contributed by atoms with van der Waals surface area (Å²) in [5.74, 6) is -3.72. The van der Waals surface area contributed by atoms with Crippen molar-refractivity contribution in [3.63, 3.8) is 0 Å². The van der Waals surface area contributed by atoms with Gasteiger partial charge in [-0.3, -0.25) is 9.59 Å². The topological polar surface area (TPSA) is 172 Å². The number of carbonyl (C=O) groups excluding carboxylic acids is 3. The van der Waals surface area contributed by atoms with Gasteiger partial charge < -0.3 is 57.9 Å². The van der Waals surface area contributed by atoms with Crippen molar-refractivity contribution >= 4 is 17.8 Å². The highest BCUT2D eigenvalue weighted by Gasteiger charge is 2.60. The van der Waals surface area contributed by atoms with E-state index in [9.17, 15) is 24.6 Å². The maximum absolute atomic E-state index is 14.5. The van der Waals surface area contributed by atoms with Gasteiger partial charge in [0.25, 0.3) is 0 Å². The third-order valence-corrected chi connectivity index (χ3v) is 13.3. The van der Waals surface area contributed by atoms with Crippen molar-refractivity contribution in [2.24, 2.45) is 23.7 Å². The Labute approximate surface area is 327 Å². The Kier molecular flexibility index (Phi) is 14.6. The van der Waals surface area contributed by atoms with Gasteiger partial charge in [-0.05, 0) is 74.9 Å². The third kappa shape index (κ3) is 8.90. The lowest BCUT2D eigenvalue weighted by Crippen LogP contribution is -2.61. The Morgan fingerprint density at radius 1 is 0.891 bits per heavy atom. The second-order valence-electron chi connectivity index (χ2n) is 17.6. The van der Waals surface area contributed by atoms with E-state index in [1.807, 2.05) is 53.6 Å². The number of methoxy groups -OCH3 is 2. The van der Waals surface area contributed by atoms with E-state index in [2.05, 4.69) is 0 Å². The number of hydrogen-bond acceptors (Lipinski definition) is 14. The molecule has 0 radical (unpaired) electrons. The van der Waals surface area contributed by atoms with Crippen LogP contribution in [0.25, 0.3) is 0 Å². The Balaban J connectivity index is 1.89. The van der Waals surface area contributed by atoms with Crippen LogP contribution in [0, 0.1) is 23.7 Å². The Morgan fingerprint density at radius 2 is 1.51 bits per heavy atom. The molecule has 0 aromatic heterocycles. The fourth-order valence-electron chi connectivity index (χ4n) is 9.78. The smallest absolute Gasteiger partial charge is 0.410 e. The van der Waals surface area contributed by atoms with Gasteiger partial charge in [-0.15, -0.1) is 0 Å². The first-order valence-electron chi connectivity index (χ1n) is 19.9. The lowest BCUT2D eigenvalue weighted by Gasteiger charge is -2.50. The summed E-state index contributed by atoms with van der Waals surface area (Å²) >= 11 is 0. The van der Waals surface area contributed by atoms with Crippen LogP contribution in [0.1, 0.15) is 94.9 Å². The summed E-state index contributed by atoms with van der Waals surface area (Å²) in [4.78, 5) is 45.5. The number of esters is 1. The predicted molar refractivity (Wildman–Crippen MR) is 201 cm³/mol. The number of rotatable bonds is 8. The number of aliphatic hydroxyl groups is 2. The van der Waals surface area contributed by atoms with Crippen molar-refractivity contribution < 1.29 is 62.5 Å². The minimum atomic E-state index is -1.35. The molecular weight excluding hydrogens is 716 g/mol. The van der Waals surface area contributed by atoms with Gasteiger partial charge in [0, 0.05) is 51.5 Å². The minimum Gasteiger partial charge on any atom is -0.458 e. The zero-order valence-corrected chi connectivity index (χ0v) is 35.8. The Bertz CT molecular complexity index is 1350. The number of cyclic esters (lactones) is 1. The Morgan fingerprint density at radius 3 is 2.07 bits per heavy atom. The molecule has 0 saturated carbocycles. The summed E-state index contributed by atoms with van der Waals surface area (Å²) in [7, 11) is 8.44. The van der Waals surface area contributed by atoms with Crippen molar-refractivity contribution in [3.8, 4) is 0 Å². The van der Waals surface area contributed by atoms with Gasteiger partial charge in [-0.25, -0.2) is 4.79 Å². The second kappa shape index (κ2) is 17.5. The molecule has 55 heavy (non-hydrogen) atoms. The number of nitrogens with zero attached hydrogens (tertiary/aromatic N) is 2. The number of Topliss-reactive ketones (excluding diaryl/α,β-unsaturated/α-hetero) is 1. The molecule has 18 atom stereocenters. The number of ether oxygens (including phenoxy) is 8. The van der Waals surface area contributed by atoms with Gasteiger partial charge in [0.05, 0.1) is 47.6 Å². The number of carbonyl (C=O) groups is 3. The lowest BCUT2D eigenvalue weighted by atomic mass is 9.73. The number of amides is 1. The van der Waals surface area contributed by atoms with Crippen LogP contribution < -0.4 is 0 Å². The molecule has 15 heteroatoms. The average molecular weight is 787 g/mol. The van der Waals surface area contributed by atoms with Crippen LogP contribution in [0.2, 0.25) is 0 Å². The highest BCUT2D eigenvalue weighted by molar-refractivity contribution is 5.85. The first kappa shape index (κ1) is 45.7. The molecule has 1 amide bonds. The molecule has 0 aromatic carbocycles. The molecule has 4 fully saturated rings. The van der Waals surface area contributed by atoms with E-state index in [-0.39, 0.29) is 30.8 Å². The zero-order valence-electron chi connectivity index (χ0n) is 35.8. The summed E-state index contributed by atoms with van der Waals surface area (Å²) < 4.78 is 50.6. The van der Waals surface area contributed by atoms with Crippen LogP contribution in [-0.2, 0) is 47.5 Å². The van der Waals surface area contributed by atoms with E-state index in [4.69, 9.17) is 37.9 Å². The summed E-state index contributed by atoms with van der Waals surface area (Å²) in [5.41, 5.74) is -3.59. The fourth-order valence-corrected chi connectivity index (χ4v) is 9.78. The van der Waals surface area contributed by atoms with Crippen molar-refractivity contribution in [2.75, 3.05) is 35.4 Å². The van der Waals surface area contributed by atoms with Crippen molar-refractivity contribution in [2.45, 2.75) is 179 Å². The van der Waals surface area contributed by atoms with Crippen LogP contribution in [0.15, 0.2) is 0 Å². The predicted octanol–water partition coefficient (Wildman–Crippen LogP) is 3.54. The van der Waals surface area contributed by atoms with Crippen LogP contribution >= 0.6 is 0 Å². The second-order valence-corrected chi connectivity index (χ2v) is 17.6. The molecule has 4 rings (SSSR count). The quantitative estimate of drug-likeness (QED) is 0.343. The van der Waals surface area contributed by atoms with Gasteiger partial charge in [0.1, 0.15) is 24.1 Å². The summed E-state index contributed by atoms with van der Waals surface area (Å²) in [6, 6.07) is -1.02. The van der Waals surface area contributed by atoms with Crippen LogP contribution in [0.3, 0.4) is 0 Å². The first-order valence-corrected chi connectivity index (χ1v) is 19.9. The lowest BCUT2D eigenvalue weighted by molar-refractivity contribution is -0.319. The monoisotopic (exact) mass is 786 g/mol. The number of ketones is 1. The largest absolute Gasteiger partial charge is 0.458 e. The van der Waals surface area contributed by atoms with Gasteiger partial charge >= 0.3 is 12.1 Å². The van der Waals surface area contributed by atoms with E-state index < -0.39 is 108 Å². The molecule has 15 nitrogen and oxygen atoms in total. The van der Waals surface area contributed by atoms with E-state index in [0.717, 1.165) is 0 Å². The van der Waals surface area contributed by atoms with Crippen molar-refractivity contribution in [1.29, 1.82) is 0 Å². The molecule has 0 aromatic rings. The molecular formula is C40H70N2O13. The highest BCUT2D eigenvalue weighted by atomic mass is 16.7. The number of aliphatic hydroxyl groups excluding tert-OH is 2. The SMILES string of the molecule is CC[C@H]1OC(=O)[C@H](C)[C@@H](O[C@H]2C[C@@](C)(OC)[C@@H](O)[C@H](C)O2)[C@H](C)[C@@H](O[C@@H]2O[C@H](C)C[C@H](N(C)C)[C@H]2O)[C@](C)(OC)C[C@@H](C)C(=O)[C@H](C)[C@H]2N(C)C(=O)O[C@]12C. The van der Waals surface area contributed by atoms with Crippen LogP contribution in [0.4, 0.5) is 4.79 Å². The van der Waals surface area contributed by atoms with E-state index >= 15 is 0 Å². The highest BCUT2D eigenvalue weighted by Crippen LogP contribution is 2.44. The van der Waals surface area contributed by atoms with E-state index in [1.165, 1.54) is 12.0 Å². The van der Waals surface area contributed by atoms with E-state index in [0.29, 0.717) is 12.8 Å². The Hall–Kier alpha value is -1.95. The molecule has 318 valence electrons. The number of likely N-dealkylation sites (N-methyl/N-ethyl adjacent to an activating group) is 2. The summed E-state index contributed by atoms with van der Waals surface area (Å²) in [5, 5.41) is 22.7. The van der Waals surface area contributed by atoms with Crippen molar-refractivity contribution in [3.05, 3.63) is 0 Å². The molecule has 4 aliphatic heterocycles. The molecule has 0 unspecified atom stereocenters. The molecule has 4 aliphatic rings. The molecule has 4 saturated heterocycles. The molecule has 4 heterocycles. The van der Waals surface area contributed by atoms with Crippen LogP contribution in [-0.4, -0.2) is 157 Å². The van der Waals surface area contributed by atoms with E-state index in [1.54, 1.807) is 48.8 Å². The summed E-state index contributed by atoms with van der Waals surface area (Å²) in [6.45, 7) is 18.0. The molecule has 0 aliphatic carbocycles. The normalized spacial score (nSPS) is 47.9. The number of fused-ring (bicyclic) bond motifs is 1. The van der Waals surface area contributed by atoms with Gasteiger partial charge in [0.2, 0.25) is 0 Å². The molecule has 0 spiro atoms. The molecule has 0 bridgehead atoms. The summed E-state index contributed by atoms with van der Waals surface area (Å²) in [6.07, 6.45) is -7.18. The van der Waals surface area contributed by atoms with Crippen molar-refractivity contribution in [1.82, 2.24) is 9.80 Å². The fraction of sp³-hybridized carbons (Fsp3) is 0.925. The van der Waals surface area contributed by atoms with Gasteiger partial charge in [-0.2, -0.15) is 0 Å². The minimum absolute atomic E-state index is 0.132. The first-order chi connectivity index (χ1) is 25.5. The number of hydrogen-bond donors (Lipinski definition) is 2. The third-order valence-electron chi connectivity index (χ3n) is 13.3. The average Bonchev–Trinajstić information content (AvgIpc) is 3.36. The standard InChI is InChI=1S/C40H70N2O13/c1-16-27-40(10)32(42(13)37(47)55-40)22(4)29(43)20(2)18-39(9,49-15)34(54-36-30(44)26(41(11)12)17-21(3)50-36)23(5)31(24(6)35(46)52-27)53-28-19-38(8,48-14)33(45)25(7)51-28/h20-28,30-34,36,44-45H,16-19H2,1-15H3/t20-,21-,22+,23+,24-,25+,26+,27-,28+,30-,31+,32-,33+,34-,36+,38-,39-,40-/m1/s1. The van der Waals surface area contributed by atoms with Gasteiger partial charge in [-0.1, -0.05) is 27.7 Å². The maximum Gasteiger partial charge on any atom is 0.410 e. The van der Waals surface area contributed by atoms with Crippen LogP contribution in [0.5, 0.6) is 0 Å². The zero-order chi connectivity index (χ0) is 41.5. The molecule has 2 N–H and O–H groups in total. The maximum atomic E-state index is 14.5.